The van der Waals surface area contributed by atoms with E-state index in [1.807, 2.05) is 6.92 Å². The number of carbonyl (C=O) groups excluding carboxylic acids is 1. The zero-order valence-electron chi connectivity index (χ0n) is 8.92. The second-order valence-electron chi connectivity index (χ2n) is 4.57. The lowest BCUT2D eigenvalue weighted by atomic mass is 9.73. The van der Waals surface area contributed by atoms with Crippen LogP contribution >= 0.6 is 12.6 Å². The van der Waals surface area contributed by atoms with Gasteiger partial charge in [-0.1, -0.05) is 5.57 Å². The van der Waals surface area contributed by atoms with E-state index in [2.05, 4.69) is 26.5 Å². The topological polar surface area (TPSA) is 17.1 Å². The fourth-order valence-corrected chi connectivity index (χ4v) is 2.91. The summed E-state index contributed by atoms with van der Waals surface area (Å²) in [6.07, 6.45) is 1.69. The molecule has 2 rings (SSSR count). The predicted octanol–water partition coefficient (Wildman–Crippen LogP) is 3.14. The van der Waals surface area contributed by atoms with E-state index < -0.39 is 0 Å². The van der Waals surface area contributed by atoms with Gasteiger partial charge in [-0.15, -0.1) is 12.6 Å². The Morgan fingerprint density at radius 2 is 1.86 bits per heavy atom. The molecular weight excluding hydrogens is 192 g/mol. The largest absolute Gasteiger partial charge is 0.299 e. The van der Waals surface area contributed by atoms with Crippen LogP contribution in [-0.4, -0.2) is 5.78 Å². The molecule has 2 unspecified atom stereocenters. The van der Waals surface area contributed by atoms with Gasteiger partial charge in [0.15, 0.2) is 0 Å². The number of allylic oxidation sites excluding steroid dienone is 4. The molecule has 0 N–H and O–H groups in total. The first kappa shape index (κ1) is 10.0. The van der Waals surface area contributed by atoms with Crippen molar-refractivity contribution in [1.82, 2.24) is 0 Å². The molecule has 0 aromatic rings. The van der Waals surface area contributed by atoms with E-state index in [1.54, 1.807) is 0 Å². The molecule has 0 heterocycles. The molecule has 76 valence electrons. The Balaban J connectivity index is 2.44. The van der Waals surface area contributed by atoms with Crippen molar-refractivity contribution in [3.63, 3.8) is 0 Å². The average molecular weight is 208 g/mol. The molecule has 0 aromatic heterocycles. The third-order valence-electron chi connectivity index (χ3n) is 3.42. The molecule has 0 amide bonds. The van der Waals surface area contributed by atoms with Crippen molar-refractivity contribution < 1.29 is 4.79 Å². The molecule has 0 aromatic carbocycles. The van der Waals surface area contributed by atoms with Gasteiger partial charge in [0, 0.05) is 18.3 Å². The molecule has 0 radical (unpaired) electrons. The van der Waals surface area contributed by atoms with Crippen LogP contribution in [0, 0.1) is 11.8 Å². The first-order valence-corrected chi connectivity index (χ1v) is 5.56. The third-order valence-corrected chi connectivity index (χ3v) is 3.69. The van der Waals surface area contributed by atoms with E-state index in [0.29, 0.717) is 11.7 Å². The lowest BCUT2D eigenvalue weighted by Crippen LogP contribution is -2.33. The quantitative estimate of drug-likeness (QED) is 0.605. The number of hydrogen-bond acceptors (Lipinski definition) is 2. The molecule has 14 heavy (non-hydrogen) atoms. The SMILES string of the molecule is CC(C)=C1/C(=C(/C)S)CC2C(=O)CC12. The Labute approximate surface area is 90.7 Å². The summed E-state index contributed by atoms with van der Waals surface area (Å²) >= 11 is 4.42. The average Bonchev–Trinajstić information content (AvgIpc) is 2.38. The summed E-state index contributed by atoms with van der Waals surface area (Å²) < 4.78 is 0. The van der Waals surface area contributed by atoms with Crippen molar-refractivity contribution >= 4 is 18.4 Å². The maximum atomic E-state index is 11.4. The highest BCUT2D eigenvalue weighted by atomic mass is 32.1. The number of ketones is 1. The van der Waals surface area contributed by atoms with Crippen LogP contribution < -0.4 is 0 Å². The summed E-state index contributed by atoms with van der Waals surface area (Å²) in [5, 5.41) is 0. The van der Waals surface area contributed by atoms with E-state index in [0.717, 1.165) is 17.7 Å². The summed E-state index contributed by atoms with van der Waals surface area (Å²) in [7, 11) is 0. The standard InChI is InChI=1S/C12H16OS/c1-6(2)12-8(7(3)14)4-9-10(12)5-11(9)13/h9-10,14H,4-5H2,1-3H3/b8-7-. The van der Waals surface area contributed by atoms with Crippen LogP contribution in [0.2, 0.25) is 0 Å². The number of thiol groups is 1. The monoisotopic (exact) mass is 208 g/mol. The predicted molar refractivity (Wildman–Crippen MR) is 61.3 cm³/mol. The number of hydrogen-bond donors (Lipinski definition) is 1. The lowest BCUT2D eigenvalue weighted by Gasteiger charge is -2.29. The molecule has 2 atom stereocenters. The van der Waals surface area contributed by atoms with Crippen LogP contribution in [0.15, 0.2) is 21.6 Å². The number of fused-ring (bicyclic) bond motifs is 1. The summed E-state index contributed by atoms with van der Waals surface area (Å²) in [6.45, 7) is 6.30. The van der Waals surface area contributed by atoms with Crippen LogP contribution in [0.25, 0.3) is 0 Å². The van der Waals surface area contributed by atoms with Crippen molar-refractivity contribution in [3.8, 4) is 0 Å². The molecule has 2 aliphatic rings. The molecule has 2 saturated carbocycles. The lowest BCUT2D eigenvalue weighted by molar-refractivity contribution is -0.131. The van der Waals surface area contributed by atoms with E-state index >= 15 is 0 Å². The van der Waals surface area contributed by atoms with E-state index in [-0.39, 0.29) is 5.92 Å². The second-order valence-corrected chi connectivity index (χ2v) is 5.24. The van der Waals surface area contributed by atoms with Gasteiger partial charge in [-0.3, -0.25) is 4.79 Å². The Kier molecular flexibility index (Phi) is 2.34. The van der Waals surface area contributed by atoms with Gasteiger partial charge in [0.2, 0.25) is 0 Å². The summed E-state index contributed by atoms with van der Waals surface area (Å²) in [6, 6.07) is 0. The maximum Gasteiger partial charge on any atom is 0.137 e. The van der Waals surface area contributed by atoms with Gasteiger partial charge < -0.3 is 0 Å². The number of carbonyl (C=O) groups is 1. The molecule has 2 aliphatic carbocycles. The van der Waals surface area contributed by atoms with Gasteiger partial charge in [0.05, 0.1) is 0 Å². The smallest absolute Gasteiger partial charge is 0.137 e. The molecule has 2 fully saturated rings. The third kappa shape index (κ3) is 1.28. The van der Waals surface area contributed by atoms with E-state index in [4.69, 9.17) is 0 Å². The van der Waals surface area contributed by atoms with Crippen LogP contribution in [-0.2, 0) is 4.79 Å². The molecular formula is C12H16OS. The van der Waals surface area contributed by atoms with Gasteiger partial charge in [-0.25, -0.2) is 0 Å². The second kappa shape index (κ2) is 3.27. The van der Waals surface area contributed by atoms with Crippen molar-refractivity contribution in [1.29, 1.82) is 0 Å². The molecule has 2 heteroatoms. The zero-order valence-corrected chi connectivity index (χ0v) is 9.82. The Morgan fingerprint density at radius 1 is 1.21 bits per heavy atom. The minimum atomic E-state index is 0.289. The molecule has 0 aliphatic heterocycles. The summed E-state index contributed by atoms with van der Waals surface area (Å²) in [4.78, 5) is 12.5. The zero-order chi connectivity index (χ0) is 10.5. The minimum Gasteiger partial charge on any atom is -0.299 e. The first-order chi connectivity index (χ1) is 6.52. The Bertz CT molecular complexity index is 355. The first-order valence-electron chi connectivity index (χ1n) is 5.11. The Morgan fingerprint density at radius 3 is 2.29 bits per heavy atom. The fraction of sp³-hybridized carbons (Fsp3) is 0.583. The van der Waals surface area contributed by atoms with Gasteiger partial charge in [0.1, 0.15) is 5.78 Å². The van der Waals surface area contributed by atoms with Gasteiger partial charge >= 0.3 is 0 Å². The molecule has 0 saturated heterocycles. The Hall–Kier alpha value is -0.500. The van der Waals surface area contributed by atoms with Crippen molar-refractivity contribution in [2.75, 3.05) is 0 Å². The molecule has 0 spiro atoms. The minimum absolute atomic E-state index is 0.289. The van der Waals surface area contributed by atoms with Crippen LogP contribution in [0.4, 0.5) is 0 Å². The summed E-state index contributed by atoms with van der Waals surface area (Å²) in [5.74, 6) is 1.25. The van der Waals surface area contributed by atoms with E-state index in [9.17, 15) is 4.79 Å². The van der Waals surface area contributed by atoms with Crippen molar-refractivity contribution in [2.24, 2.45) is 11.8 Å². The van der Waals surface area contributed by atoms with E-state index in [1.165, 1.54) is 16.7 Å². The van der Waals surface area contributed by atoms with Crippen LogP contribution in [0.5, 0.6) is 0 Å². The normalized spacial score (nSPS) is 34.0. The summed E-state index contributed by atoms with van der Waals surface area (Å²) in [5.41, 5.74) is 4.10. The van der Waals surface area contributed by atoms with Crippen LogP contribution in [0.1, 0.15) is 33.6 Å². The fourth-order valence-electron chi connectivity index (χ4n) is 2.70. The van der Waals surface area contributed by atoms with Crippen molar-refractivity contribution in [3.05, 3.63) is 21.6 Å². The highest BCUT2D eigenvalue weighted by Gasteiger charge is 2.48. The van der Waals surface area contributed by atoms with Gasteiger partial charge in [-0.2, -0.15) is 0 Å². The highest BCUT2D eigenvalue weighted by molar-refractivity contribution is 7.84. The molecule has 0 bridgehead atoms. The van der Waals surface area contributed by atoms with Crippen LogP contribution in [0.3, 0.4) is 0 Å². The molecule has 1 nitrogen and oxygen atoms in total. The number of rotatable bonds is 0. The van der Waals surface area contributed by atoms with Crippen molar-refractivity contribution in [2.45, 2.75) is 33.6 Å². The van der Waals surface area contributed by atoms with Gasteiger partial charge in [0.25, 0.3) is 0 Å². The maximum absolute atomic E-state index is 11.4. The highest BCUT2D eigenvalue weighted by Crippen LogP contribution is 2.52. The van der Waals surface area contributed by atoms with Gasteiger partial charge in [-0.05, 0) is 43.2 Å². The number of Topliss-reactive ketones (excluding diaryl/α,β-unsaturated/α-hetero) is 1.